The van der Waals surface area contributed by atoms with Crippen molar-refractivity contribution < 1.29 is 14.3 Å². The summed E-state index contributed by atoms with van der Waals surface area (Å²) in [6, 6.07) is 27.5. The van der Waals surface area contributed by atoms with E-state index in [2.05, 4.69) is 31.8 Å². The van der Waals surface area contributed by atoms with Gasteiger partial charge in [-0.15, -0.1) is 0 Å². The zero-order valence-electron chi connectivity index (χ0n) is 19.3. The summed E-state index contributed by atoms with van der Waals surface area (Å²) < 4.78 is 12.7. The van der Waals surface area contributed by atoms with Gasteiger partial charge >= 0.3 is 0 Å². The minimum absolute atomic E-state index is 0.110. The van der Waals surface area contributed by atoms with Crippen molar-refractivity contribution in [2.45, 2.75) is 13.5 Å². The minimum atomic E-state index is -0.242. The summed E-state index contributed by atoms with van der Waals surface area (Å²) in [6.45, 7) is 2.97. The Morgan fingerprint density at radius 2 is 1.74 bits per heavy atom. The minimum Gasteiger partial charge on any atom is -0.490 e. The standard InChI is InChI=1S/C28H26BrN3O3/c1-2-34-27-16-21(12-15-26(27)35-19-20-10-13-23(29)14-11-20)17-31-32-28(33)18-30-25-9-5-7-22-6-3-4-8-24(22)25/h3-17,30H,2,18-19H2,1H3,(H,32,33)/b31-17-. The number of hydrogen-bond donors (Lipinski definition) is 2. The van der Waals surface area contributed by atoms with Crippen LogP contribution in [-0.2, 0) is 11.4 Å². The van der Waals surface area contributed by atoms with E-state index >= 15 is 0 Å². The largest absolute Gasteiger partial charge is 0.490 e. The molecule has 35 heavy (non-hydrogen) atoms. The van der Waals surface area contributed by atoms with Crippen LogP contribution in [0.3, 0.4) is 0 Å². The summed E-state index contributed by atoms with van der Waals surface area (Å²) in [4.78, 5) is 12.3. The molecule has 1 amide bonds. The van der Waals surface area contributed by atoms with Crippen LogP contribution in [0.1, 0.15) is 18.1 Å². The Bertz CT molecular complexity index is 1320. The van der Waals surface area contributed by atoms with Crippen molar-refractivity contribution in [2.75, 3.05) is 18.5 Å². The van der Waals surface area contributed by atoms with Crippen LogP contribution < -0.4 is 20.2 Å². The van der Waals surface area contributed by atoms with Gasteiger partial charge in [-0.1, -0.05) is 64.5 Å². The average molecular weight is 532 g/mol. The van der Waals surface area contributed by atoms with Gasteiger partial charge < -0.3 is 14.8 Å². The second-order valence-corrected chi connectivity index (χ2v) is 8.64. The van der Waals surface area contributed by atoms with Crippen LogP contribution in [0.25, 0.3) is 10.8 Å². The summed E-state index contributed by atoms with van der Waals surface area (Å²) in [7, 11) is 0. The Hall–Kier alpha value is -3.84. The lowest BCUT2D eigenvalue weighted by Crippen LogP contribution is -2.25. The molecule has 0 spiro atoms. The van der Waals surface area contributed by atoms with Crippen molar-refractivity contribution in [3.8, 4) is 11.5 Å². The Morgan fingerprint density at radius 3 is 2.57 bits per heavy atom. The highest BCUT2D eigenvalue weighted by Gasteiger charge is 2.07. The Kier molecular flexibility index (Phi) is 8.35. The molecule has 0 unspecified atom stereocenters. The number of carbonyl (C=O) groups is 1. The van der Waals surface area contributed by atoms with Crippen molar-refractivity contribution in [3.63, 3.8) is 0 Å². The van der Waals surface area contributed by atoms with Gasteiger partial charge in [-0.2, -0.15) is 5.10 Å². The molecule has 4 aromatic rings. The van der Waals surface area contributed by atoms with Gasteiger partial charge in [-0.25, -0.2) is 5.43 Å². The number of nitrogens with one attached hydrogen (secondary N) is 2. The second kappa shape index (κ2) is 12.0. The van der Waals surface area contributed by atoms with Crippen LogP contribution in [0.2, 0.25) is 0 Å². The van der Waals surface area contributed by atoms with E-state index in [1.165, 1.54) is 0 Å². The third-order valence-corrected chi connectivity index (χ3v) is 5.74. The molecule has 0 radical (unpaired) electrons. The molecule has 0 aliphatic carbocycles. The maximum atomic E-state index is 12.3. The molecule has 4 aromatic carbocycles. The number of amides is 1. The number of anilines is 1. The third kappa shape index (κ3) is 6.83. The van der Waals surface area contributed by atoms with E-state index in [1.54, 1.807) is 6.21 Å². The molecule has 0 bridgehead atoms. The molecule has 0 saturated carbocycles. The quantitative estimate of drug-likeness (QED) is 0.190. The molecule has 0 aliphatic rings. The first-order valence-corrected chi connectivity index (χ1v) is 12.1. The zero-order chi connectivity index (χ0) is 24.5. The molecule has 0 atom stereocenters. The van der Waals surface area contributed by atoms with E-state index in [9.17, 15) is 4.79 Å². The van der Waals surface area contributed by atoms with Gasteiger partial charge in [0.15, 0.2) is 11.5 Å². The number of nitrogens with zero attached hydrogens (tertiary/aromatic N) is 1. The van der Waals surface area contributed by atoms with Crippen LogP contribution in [0.4, 0.5) is 5.69 Å². The SMILES string of the molecule is CCOc1cc(/C=N\NC(=O)CNc2cccc3ccccc23)ccc1OCc1ccc(Br)cc1. The molecule has 6 nitrogen and oxygen atoms in total. The maximum Gasteiger partial charge on any atom is 0.259 e. The predicted octanol–water partition coefficient (Wildman–Crippen LogP) is 6.14. The number of carbonyl (C=O) groups excluding carboxylic acids is 1. The number of benzene rings is 4. The monoisotopic (exact) mass is 531 g/mol. The van der Waals surface area contributed by atoms with Crippen LogP contribution >= 0.6 is 15.9 Å². The first-order valence-electron chi connectivity index (χ1n) is 11.3. The molecule has 0 saturated heterocycles. The van der Waals surface area contributed by atoms with Crippen LogP contribution in [-0.4, -0.2) is 25.3 Å². The third-order valence-electron chi connectivity index (χ3n) is 5.21. The van der Waals surface area contributed by atoms with Crippen molar-refractivity contribution in [1.82, 2.24) is 5.43 Å². The normalized spacial score (nSPS) is 10.9. The Morgan fingerprint density at radius 1 is 0.943 bits per heavy atom. The number of ether oxygens (including phenoxy) is 2. The molecular weight excluding hydrogens is 506 g/mol. The van der Waals surface area contributed by atoms with Gasteiger partial charge in [0.1, 0.15) is 6.61 Å². The summed E-state index contributed by atoms with van der Waals surface area (Å²) in [5, 5.41) is 9.44. The first-order chi connectivity index (χ1) is 17.1. The molecule has 0 fully saturated rings. The summed E-state index contributed by atoms with van der Waals surface area (Å²) in [5.41, 5.74) is 5.30. The maximum absolute atomic E-state index is 12.3. The van der Waals surface area contributed by atoms with Crippen LogP contribution in [0.15, 0.2) is 94.5 Å². The lowest BCUT2D eigenvalue weighted by atomic mass is 10.1. The average Bonchev–Trinajstić information content (AvgIpc) is 2.88. The van der Waals surface area contributed by atoms with Crippen LogP contribution in [0.5, 0.6) is 11.5 Å². The first kappa shape index (κ1) is 24.3. The van der Waals surface area contributed by atoms with Gasteiger partial charge in [0.2, 0.25) is 0 Å². The summed E-state index contributed by atoms with van der Waals surface area (Å²) in [5.74, 6) is 1.03. The van der Waals surface area contributed by atoms with E-state index in [0.717, 1.165) is 32.1 Å². The predicted molar refractivity (Wildman–Crippen MR) is 144 cm³/mol. The van der Waals surface area contributed by atoms with Gasteiger partial charge in [-0.3, -0.25) is 4.79 Å². The molecule has 0 aliphatic heterocycles. The molecular formula is C28H26BrN3O3. The smallest absolute Gasteiger partial charge is 0.259 e. The van der Waals surface area contributed by atoms with Gasteiger partial charge in [-0.05, 0) is 59.8 Å². The fourth-order valence-corrected chi connectivity index (χ4v) is 3.77. The van der Waals surface area contributed by atoms with E-state index in [-0.39, 0.29) is 12.5 Å². The van der Waals surface area contributed by atoms with E-state index in [0.29, 0.717) is 24.7 Å². The van der Waals surface area contributed by atoms with Crippen LogP contribution in [0, 0.1) is 0 Å². The summed E-state index contributed by atoms with van der Waals surface area (Å²) in [6.07, 6.45) is 1.58. The lowest BCUT2D eigenvalue weighted by molar-refractivity contribution is -0.119. The van der Waals surface area contributed by atoms with E-state index in [4.69, 9.17) is 9.47 Å². The number of fused-ring (bicyclic) bond motifs is 1. The number of rotatable bonds is 10. The molecule has 4 rings (SSSR count). The number of hydrazone groups is 1. The fraction of sp³-hybridized carbons (Fsp3) is 0.143. The van der Waals surface area contributed by atoms with Crippen molar-refractivity contribution in [1.29, 1.82) is 0 Å². The molecule has 0 heterocycles. The Balaban J connectivity index is 1.33. The topological polar surface area (TPSA) is 72.0 Å². The molecule has 7 heteroatoms. The van der Waals surface area contributed by atoms with Crippen molar-refractivity contribution >= 4 is 44.5 Å². The Labute approximate surface area is 213 Å². The molecule has 0 aromatic heterocycles. The van der Waals surface area contributed by atoms with Gasteiger partial charge in [0, 0.05) is 15.5 Å². The number of hydrogen-bond acceptors (Lipinski definition) is 5. The highest BCUT2D eigenvalue weighted by molar-refractivity contribution is 9.10. The molecule has 178 valence electrons. The fourth-order valence-electron chi connectivity index (χ4n) is 3.51. The molecule has 2 N–H and O–H groups in total. The lowest BCUT2D eigenvalue weighted by Gasteiger charge is -2.12. The highest BCUT2D eigenvalue weighted by Crippen LogP contribution is 2.29. The van der Waals surface area contributed by atoms with Gasteiger partial charge in [0.25, 0.3) is 5.91 Å². The van der Waals surface area contributed by atoms with E-state index in [1.807, 2.05) is 91.9 Å². The van der Waals surface area contributed by atoms with E-state index < -0.39 is 0 Å². The summed E-state index contributed by atoms with van der Waals surface area (Å²) >= 11 is 3.44. The van der Waals surface area contributed by atoms with Gasteiger partial charge in [0.05, 0.1) is 19.4 Å². The zero-order valence-corrected chi connectivity index (χ0v) is 20.9. The highest BCUT2D eigenvalue weighted by atomic mass is 79.9. The number of halogens is 1. The second-order valence-electron chi connectivity index (χ2n) is 7.73. The van der Waals surface area contributed by atoms with Crippen molar-refractivity contribution in [3.05, 3.63) is 101 Å². The van der Waals surface area contributed by atoms with Crippen molar-refractivity contribution in [2.24, 2.45) is 5.10 Å².